The molecule has 0 fully saturated rings. The fraction of sp³-hybridized carbons (Fsp3) is 0.154. The van der Waals surface area contributed by atoms with E-state index in [-0.39, 0.29) is 5.56 Å². The smallest absolute Gasteiger partial charge is 0.337 e. The SMILES string of the molecule is COc1ccc(Cl)cc1Cn1ccc(C(=O)O)c1. The maximum atomic E-state index is 10.8. The van der Waals surface area contributed by atoms with Crippen molar-refractivity contribution in [1.29, 1.82) is 0 Å². The van der Waals surface area contributed by atoms with E-state index in [0.717, 1.165) is 11.3 Å². The van der Waals surface area contributed by atoms with Crippen molar-refractivity contribution in [1.82, 2.24) is 4.57 Å². The Morgan fingerprint density at radius 2 is 2.22 bits per heavy atom. The van der Waals surface area contributed by atoms with Crippen molar-refractivity contribution in [3.8, 4) is 5.75 Å². The number of halogens is 1. The summed E-state index contributed by atoms with van der Waals surface area (Å²) in [5, 5.41) is 9.47. The minimum atomic E-state index is -0.938. The van der Waals surface area contributed by atoms with Crippen molar-refractivity contribution in [2.45, 2.75) is 6.54 Å². The molecule has 94 valence electrons. The summed E-state index contributed by atoms with van der Waals surface area (Å²) >= 11 is 5.94. The second-order valence-electron chi connectivity index (χ2n) is 3.83. The van der Waals surface area contributed by atoms with E-state index in [1.807, 2.05) is 0 Å². The Kier molecular flexibility index (Phi) is 3.58. The number of aromatic carboxylic acids is 1. The lowest BCUT2D eigenvalue weighted by Gasteiger charge is -2.09. The molecule has 2 aromatic rings. The molecule has 0 aliphatic rings. The van der Waals surface area contributed by atoms with E-state index in [2.05, 4.69) is 0 Å². The molecule has 2 rings (SSSR count). The van der Waals surface area contributed by atoms with Gasteiger partial charge in [-0.3, -0.25) is 0 Å². The fourth-order valence-electron chi connectivity index (χ4n) is 1.73. The summed E-state index contributed by atoms with van der Waals surface area (Å²) in [6.45, 7) is 0.511. The van der Waals surface area contributed by atoms with Crippen LogP contribution in [-0.4, -0.2) is 22.8 Å². The van der Waals surface area contributed by atoms with Crippen LogP contribution < -0.4 is 4.74 Å². The molecule has 0 unspecified atom stereocenters. The Morgan fingerprint density at radius 1 is 1.44 bits per heavy atom. The van der Waals surface area contributed by atoms with Crippen molar-refractivity contribution >= 4 is 17.6 Å². The maximum absolute atomic E-state index is 10.8. The number of benzene rings is 1. The number of ether oxygens (including phenoxy) is 1. The molecule has 18 heavy (non-hydrogen) atoms. The van der Waals surface area contributed by atoms with Crippen molar-refractivity contribution in [3.05, 3.63) is 52.8 Å². The highest BCUT2D eigenvalue weighted by Gasteiger charge is 2.08. The van der Waals surface area contributed by atoms with E-state index in [1.54, 1.807) is 48.3 Å². The topological polar surface area (TPSA) is 51.5 Å². The van der Waals surface area contributed by atoms with Gasteiger partial charge in [0.25, 0.3) is 0 Å². The van der Waals surface area contributed by atoms with Crippen LogP contribution in [-0.2, 0) is 6.54 Å². The molecule has 0 saturated heterocycles. The zero-order valence-corrected chi connectivity index (χ0v) is 10.5. The highest BCUT2D eigenvalue weighted by atomic mass is 35.5. The highest BCUT2D eigenvalue weighted by molar-refractivity contribution is 6.30. The molecule has 1 heterocycles. The van der Waals surface area contributed by atoms with Crippen LogP contribution in [0.25, 0.3) is 0 Å². The maximum Gasteiger partial charge on any atom is 0.337 e. The summed E-state index contributed by atoms with van der Waals surface area (Å²) in [5.74, 6) is -0.211. The standard InChI is InChI=1S/C13H12ClNO3/c1-18-12-3-2-11(14)6-10(12)8-15-5-4-9(7-15)13(16)17/h2-7H,8H2,1H3,(H,16,17). The van der Waals surface area contributed by atoms with Crippen LogP contribution in [0, 0.1) is 0 Å². The first kappa shape index (κ1) is 12.5. The Morgan fingerprint density at radius 3 is 2.83 bits per heavy atom. The first-order valence-corrected chi connectivity index (χ1v) is 5.69. The van der Waals surface area contributed by atoms with Crippen molar-refractivity contribution in [3.63, 3.8) is 0 Å². The molecule has 0 spiro atoms. The van der Waals surface area contributed by atoms with Gasteiger partial charge in [-0.15, -0.1) is 0 Å². The Labute approximate surface area is 109 Å². The van der Waals surface area contributed by atoms with E-state index >= 15 is 0 Å². The quantitative estimate of drug-likeness (QED) is 0.925. The molecular formula is C13H12ClNO3. The van der Waals surface area contributed by atoms with Gasteiger partial charge in [0.1, 0.15) is 5.75 Å². The number of carboxylic acids is 1. The van der Waals surface area contributed by atoms with Crippen LogP contribution in [0.15, 0.2) is 36.7 Å². The van der Waals surface area contributed by atoms with E-state index in [9.17, 15) is 4.79 Å². The molecule has 0 saturated carbocycles. The first-order chi connectivity index (χ1) is 8.60. The van der Waals surface area contributed by atoms with Crippen LogP contribution in [0.2, 0.25) is 5.02 Å². The number of carbonyl (C=O) groups is 1. The van der Waals surface area contributed by atoms with Gasteiger partial charge < -0.3 is 14.4 Å². The summed E-state index contributed by atoms with van der Waals surface area (Å²) in [6, 6.07) is 6.90. The Hall–Kier alpha value is -1.94. The molecule has 4 nitrogen and oxygen atoms in total. The van der Waals surface area contributed by atoms with Gasteiger partial charge >= 0.3 is 5.97 Å². The lowest BCUT2D eigenvalue weighted by molar-refractivity contribution is 0.0697. The van der Waals surface area contributed by atoms with Crippen LogP contribution in [0.1, 0.15) is 15.9 Å². The van der Waals surface area contributed by atoms with Crippen molar-refractivity contribution in [2.24, 2.45) is 0 Å². The molecule has 1 N–H and O–H groups in total. The normalized spacial score (nSPS) is 10.3. The average molecular weight is 266 g/mol. The molecule has 5 heteroatoms. The third kappa shape index (κ3) is 2.65. The van der Waals surface area contributed by atoms with Crippen LogP contribution in [0.3, 0.4) is 0 Å². The number of carboxylic acid groups (broad SMARTS) is 1. The Balaban J connectivity index is 2.27. The summed E-state index contributed by atoms with van der Waals surface area (Å²) < 4.78 is 7.01. The van der Waals surface area contributed by atoms with E-state index in [1.165, 1.54) is 0 Å². The van der Waals surface area contributed by atoms with Crippen molar-refractivity contribution in [2.75, 3.05) is 7.11 Å². The molecule has 1 aromatic heterocycles. The fourth-order valence-corrected chi connectivity index (χ4v) is 1.93. The second-order valence-corrected chi connectivity index (χ2v) is 4.27. The van der Waals surface area contributed by atoms with Gasteiger partial charge in [0.15, 0.2) is 0 Å². The molecule has 1 aromatic carbocycles. The summed E-state index contributed by atoms with van der Waals surface area (Å²) in [4.78, 5) is 10.8. The average Bonchev–Trinajstić information content (AvgIpc) is 2.78. The first-order valence-electron chi connectivity index (χ1n) is 5.31. The van der Waals surface area contributed by atoms with Crippen LogP contribution >= 0.6 is 11.6 Å². The minimum Gasteiger partial charge on any atom is -0.496 e. The lowest BCUT2D eigenvalue weighted by Crippen LogP contribution is -2.00. The van der Waals surface area contributed by atoms with Gasteiger partial charge in [-0.05, 0) is 24.3 Å². The predicted molar refractivity (Wildman–Crippen MR) is 68.5 cm³/mol. The molecule has 0 radical (unpaired) electrons. The zero-order valence-electron chi connectivity index (χ0n) is 9.76. The predicted octanol–water partition coefficient (Wildman–Crippen LogP) is 2.90. The van der Waals surface area contributed by atoms with E-state index < -0.39 is 5.97 Å². The van der Waals surface area contributed by atoms with E-state index in [0.29, 0.717) is 11.6 Å². The number of hydrogen-bond donors (Lipinski definition) is 1. The number of nitrogens with zero attached hydrogens (tertiary/aromatic N) is 1. The third-order valence-corrected chi connectivity index (χ3v) is 2.83. The largest absolute Gasteiger partial charge is 0.496 e. The lowest BCUT2D eigenvalue weighted by atomic mass is 10.2. The number of methoxy groups -OCH3 is 1. The van der Waals surface area contributed by atoms with Gasteiger partial charge in [0.05, 0.1) is 19.2 Å². The highest BCUT2D eigenvalue weighted by Crippen LogP contribution is 2.23. The minimum absolute atomic E-state index is 0.260. The van der Waals surface area contributed by atoms with Gasteiger partial charge in [-0.25, -0.2) is 4.79 Å². The molecule has 0 aliphatic carbocycles. The third-order valence-electron chi connectivity index (χ3n) is 2.59. The van der Waals surface area contributed by atoms with E-state index in [4.69, 9.17) is 21.4 Å². The summed E-state index contributed by atoms with van der Waals surface area (Å²) in [5.41, 5.74) is 1.16. The number of rotatable bonds is 4. The molecule has 0 atom stereocenters. The monoisotopic (exact) mass is 265 g/mol. The Bertz CT molecular complexity index is 577. The summed E-state index contributed by atoms with van der Waals surface area (Å²) in [6.07, 6.45) is 3.28. The molecular weight excluding hydrogens is 254 g/mol. The molecule has 0 bridgehead atoms. The van der Waals surface area contributed by atoms with Gasteiger partial charge in [-0.2, -0.15) is 0 Å². The van der Waals surface area contributed by atoms with Gasteiger partial charge in [0, 0.05) is 23.0 Å². The van der Waals surface area contributed by atoms with Crippen molar-refractivity contribution < 1.29 is 14.6 Å². The summed E-state index contributed by atoms with van der Waals surface area (Å²) in [7, 11) is 1.59. The van der Waals surface area contributed by atoms with Gasteiger partial charge in [-0.1, -0.05) is 11.6 Å². The van der Waals surface area contributed by atoms with Crippen LogP contribution in [0.4, 0.5) is 0 Å². The number of hydrogen-bond acceptors (Lipinski definition) is 2. The van der Waals surface area contributed by atoms with Crippen LogP contribution in [0.5, 0.6) is 5.75 Å². The second kappa shape index (κ2) is 5.14. The zero-order chi connectivity index (χ0) is 13.1. The number of aromatic nitrogens is 1. The molecule has 0 aliphatic heterocycles. The molecule has 0 amide bonds. The van der Waals surface area contributed by atoms with Gasteiger partial charge in [0.2, 0.25) is 0 Å².